The van der Waals surface area contributed by atoms with Crippen molar-refractivity contribution in [1.29, 1.82) is 5.26 Å². The molecule has 0 saturated heterocycles. The molecule has 0 radical (unpaired) electrons. The lowest BCUT2D eigenvalue weighted by Crippen LogP contribution is -2.18. The number of amides is 2. The molecule has 0 unspecified atom stereocenters. The molecule has 3 aromatic carbocycles. The number of aryl methyl sites for hydroxylation is 1. The molecule has 2 N–H and O–H groups in total. The number of carbonyl (C=O) groups is 2. The van der Waals surface area contributed by atoms with Gasteiger partial charge in [0.15, 0.2) is 0 Å². The third kappa shape index (κ3) is 5.92. The van der Waals surface area contributed by atoms with E-state index >= 15 is 0 Å². The van der Waals surface area contributed by atoms with Crippen molar-refractivity contribution in [2.45, 2.75) is 26.7 Å². The minimum atomic E-state index is -0.563. The van der Waals surface area contributed by atoms with Crippen LogP contribution in [-0.4, -0.2) is 11.8 Å². The predicted octanol–water partition coefficient (Wildman–Crippen LogP) is 6.80. The summed E-state index contributed by atoms with van der Waals surface area (Å²) >= 11 is 12.5. The molecule has 168 valence electrons. The number of hydrogen-bond donors (Lipinski definition) is 2. The molecule has 0 saturated carbocycles. The summed E-state index contributed by atoms with van der Waals surface area (Å²) in [7, 11) is 0. The summed E-state index contributed by atoms with van der Waals surface area (Å²) in [5.74, 6) is -1.10. The molecule has 3 rings (SSSR count). The molecule has 0 spiro atoms. The quantitative estimate of drug-likeness (QED) is 0.407. The number of carbonyl (C=O) groups excluding carboxylic acids is 2. The molecule has 5 nitrogen and oxygen atoms in total. The Bertz CT molecular complexity index is 1210. The molecule has 0 aliphatic carbocycles. The van der Waals surface area contributed by atoms with E-state index in [1.54, 1.807) is 54.6 Å². The number of anilines is 2. The fourth-order valence-corrected chi connectivity index (χ4v) is 3.62. The maximum Gasteiger partial charge on any atom is 0.255 e. The maximum absolute atomic E-state index is 12.7. The van der Waals surface area contributed by atoms with E-state index in [4.69, 9.17) is 23.2 Å². The van der Waals surface area contributed by atoms with Gasteiger partial charge >= 0.3 is 0 Å². The van der Waals surface area contributed by atoms with E-state index in [1.807, 2.05) is 26.8 Å². The van der Waals surface area contributed by atoms with Gasteiger partial charge in [-0.2, -0.15) is 5.26 Å². The van der Waals surface area contributed by atoms with Crippen LogP contribution in [0.5, 0.6) is 0 Å². The molecule has 0 fully saturated rings. The van der Waals surface area contributed by atoms with Gasteiger partial charge in [-0.15, -0.1) is 0 Å². The first-order valence-electron chi connectivity index (χ1n) is 10.4. The zero-order valence-corrected chi connectivity index (χ0v) is 20.0. The van der Waals surface area contributed by atoms with E-state index in [2.05, 4.69) is 16.7 Å². The summed E-state index contributed by atoms with van der Waals surface area (Å²) < 4.78 is 0. The molecule has 0 aliphatic heterocycles. The van der Waals surface area contributed by atoms with Crippen LogP contribution in [0.15, 0.2) is 60.7 Å². The van der Waals surface area contributed by atoms with Gasteiger partial charge in [0.1, 0.15) is 0 Å². The Morgan fingerprint density at radius 2 is 1.58 bits per heavy atom. The van der Waals surface area contributed by atoms with Crippen LogP contribution in [0.25, 0.3) is 0 Å². The van der Waals surface area contributed by atoms with Gasteiger partial charge in [-0.3, -0.25) is 9.59 Å². The SMILES string of the molecule is Cc1cc([C@@H](C#N)c2ccc(Cl)cc2)c(Cl)cc1NC(=O)c1ccc(NC(=O)C(C)C)cc1. The van der Waals surface area contributed by atoms with Crippen LogP contribution in [0.1, 0.15) is 46.8 Å². The molecule has 0 bridgehead atoms. The second-order valence-electron chi connectivity index (χ2n) is 7.98. The van der Waals surface area contributed by atoms with E-state index in [0.29, 0.717) is 32.5 Å². The van der Waals surface area contributed by atoms with E-state index < -0.39 is 5.92 Å². The molecule has 2 amide bonds. The van der Waals surface area contributed by atoms with Gasteiger partial charge in [0, 0.05) is 32.9 Å². The van der Waals surface area contributed by atoms with Crippen molar-refractivity contribution in [3.05, 3.63) is 93.0 Å². The number of nitrogens with one attached hydrogen (secondary N) is 2. The molecule has 0 aliphatic rings. The Labute approximate surface area is 203 Å². The van der Waals surface area contributed by atoms with Crippen LogP contribution in [0.4, 0.5) is 11.4 Å². The molecular weight excluding hydrogens is 457 g/mol. The Morgan fingerprint density at radius 1 is 0.939 bits per heavy atom. The van der Waals surface area contributed by atoms with Gasteiger partial charge in [-0.05, 0) is 66.1 Å². The van der Waals surface area contributed by atoms with Crippen LogP contribution in [0, 0.1) is 24.2 Å². The summed E-state index contributed by atoms with van der Waals surface area (Å²) in [6.45, 7) is 5.46. The van der Waals surface area contributed by atoms with Gasteiger partial charge in [-0.25, -0.2) is 0 Å². The minimum Gasteiger partial charge on any atom is -0.326 e. The summed E-state index contributed by atoms with van der Waals surface area (Å²) in [6, 6.07) is 19.5. The van der Waals surface area contributed by atoms with Gasteiger partial charge < -0.3 is 10.6 Å². The van der Waals surface area contributed by atoms with E-state index in [9.17, 15) is 14.9 Å². The van der Waals surface area contributed by atoms with Gasteiger partial charge in [-0.1, -0.05) is 55.2 Å². The lowest BCUT2D eigenvalue weighted by atomic mass is 9.91. The van der Waals surface area contributed by atoms with Crippen molar-refractivity contribution < 1.29 is 9.59 Å². The van der Waals surface area contributed by atoms with Gasteiger partial charge in [0.25, 0.3) is 5.91 Å². The van der Waals surface area contributed by atoms with Crippen molar-refractivity contribution in [1.82, 2.24) is 0 Å². The van der Waals surface area contributed by atoms with Crippen LogP contribution < -0.4 is 10.6 Å². The van der Waals surface area contributed by atoms with Crippen molar-refractivity contribution in [2.75, 3.05) is 10.6 Å². The Hall–Kier alpha value is -3.33. The number of hydrogen-bond acceptors (Lipinski definition) is 3. The first kappa shape index (κ1) is 24.3. The summed E-state index contributed by atoms with van der Waals surface area (Å²) in [6.07, 6.45) is 0. The summed E-state index contributed by atoms with van der Waals surface area (Å²) in [5, 5.41) is 16.4. The van der Waals surface area contributed by atoms with Gasteiger partial charge in [0.2, 0.25) is 5.91 Å². The van der Waals surface area contributed by atoms with Crippen molar-refractivity contribution >= 4 is 46.4 Å². The second kappa shape index (κ2) is 10.5. The molecule has 0 heterocycles. The lowest BCUT2D eigenvalue weighted by molar-refractivity contribution is -0.118. The number of nitrogens with zero attached hydrogens (tertiary/aromatic N) is 1. The lowest BCUT2D eigenvalue weighted by Gasteiger charge is -2.16. The standard InChI is InChI=1S/C26H23Cl2N3O2/c1-15(2)25(32)30-20-10-6-18(7-11-20)26(33)31-24-13-23(28)21(12-16(24)3)22(14-29)17-4-8-19(27)9-5-17/h4-13,15,22H,1-3H3,(H,30,32)(H,31,33)/t22-/m0/s1. The first-order chi connectivity index (χ1) is 15.7. The normalized spacial score (nSPS) is 11.5. The number of benzene rings is 3. The molecule has 1 atom stereocenters. The van der Waals surface area contributed by atoms with E-state index in [-0.39, 0.29) is 17.7 Å². The highest BCUT2D eigenvalue weighted by molar-refractivity contribution is 6.32. The molecular formula is C26H23Cl2N3O2. The van der Waals surface area contributed by atoms with Crippen molar-refractivity contribution in [3.63, 3.8) is 0 Å². The smallest absolute Gasteiger partial charge is 0.255 e. The highest BCUT2D eigenvalue weighted by Crippen LogP contribution is 2.34. The Morgan fingerprint density at radius 3 is 2.15 bits per heavy atom. The molecule has 3 aromatic rings. The molecule has 33 heavy (non-hydrogen) atoms. The van der Waals surface area contributed by atoms with Crippen LogP contribution in [0.3, 0.4) is 0 Å². The summed E-state index contributed by atoms with van der Waals surface area (Å²) in [5.41, 5.74) is 3.83. The van der Waals surface area contributed by atoms with Crippen LogP contribution >= 0.6 is 23.2 Å². The van der Waals surface area contributed by atoms with E-state index in [1.165, 1.54) is 0 Å². The maximum atomic E-state index is 12.7. The molecule has 7 heteroatoms. The van der Waals surface area contributed by atoms with Crippen molar-refractivity contribution in [3.8, 4) is 6.07 Å². The van der Waals surface area contributed by atoms with Crippen LogP contribution in [0.2, 0.25) is 10.0 Å². The zero-order chi connectivity index (χ0) is 24.1. The predicted molar refractivity (Wildman–Crippen MR) is 133 cm³/mol. The van der Waals surface area contributed by atoms with Gasteiger partial charge in [0.05, 0.1) is 12.0 Å². The summed E-state index contributed by atoms with van der Waals surface area (Å²) in [4.78, 5) is 24.6. The third-order valence-corrected chi connectivity index (χ3v) is 5.75. The number of rotatable bonds is 6. The second-order valence-corrected chi connectivity index (χ2v) is 8.82. The fourth-order valence-electron chi connectivity index (χ4n) is 3.22. The van der Waals surface area contributed by atoms with E-state index in [0.717, 1.165) is 11.1 Å². The van der Waals surface area contributed by atoms with Crippen molar-refractivity contribution in [2.24, 2.45) is 5.92 Å². The monoisotopic (exact) mass is 479 g/mol. The first-order valence-corrected chi connectivity index (χ1v) is 11.1. The highest BCUT2D eigenvalue weighted by Gasteiger charge is 2.19. The minimum absolute atomic E-state index is 0.0909. The Balaban J connectivity index is 1.78. The molecule has 0 aromatic heterocycles. The number of halogens is 2. The zero-order valence-electron chi connectivity index (χ0n) is 18.4. The highest BCUT2D eigenvalue weighted by atomic mass is 35.5. The Kier molecular flexibility index (Phi) is 7.75. The third-order valence-electron chi connectivity index (χ3n) is 5.17. The number of nitriles is 1. The fraction of sp³-hybridized carbons (Fsp3) is 0.192. The average Bonchev–Trinajstić information content (AvgIpc) is 2.79. The average molecular weight is 480 g/mol. The largest absolute Gasteiger partial charge is 0.326 e. The van der Waals surface area contributed by atoms with Crippen LogP contribution in [-0.2, 0) is 4.79 Å². The topological polar surface area (TPSA) is 82.0 Å².